The maximum absolute atomic E-state index is 5.15. The van der Waals surface area contributed by atoms with Gasteiger partial charge in [0.25, 0.3) is 0 Å². The average Bonchev–Trinajstić information content (AvgIpc) is 3.12. The molecule has 0 fully saturated rings. The Balaban J connectivity index is 1.78. The van der Waals surface area contributed by atoms with E-state index in [2.05, 4.69) is 22.2 Å². The summed E-state index contributed by atoms with van der Waals surface area (Å²) in [5.41, 5.74) is 1.11. The van der Waals surface area contributed by atoms with Crippen LogP contribution in [0.1, 0.15) is 23.3 Å². The van der Waals surface area contributed by atoms with E-state index >= 15 is 0 Å². The van der Waals surface area contributed by atoms with Crippen molar-refractivity contribution in [2.75, 3.05) is 12.9 Å². The van der Waals surface area contributed by atoms with Gasteiger partial charge in [-0.1, -0.05) is 36.5 Å². The molecule has 0 bridgehead atoms. The molecule has 0 N–H and O–H groups in total. The summed E-state index contributed by atoms with van der Waals surface area (Å²) in [4.78, 5) is 0.834. The molecule has 3 aromatic rings. The standard InChI is InChI=1S/C15H16N4OS2/c1-3-21-10-13-16-17-15-19(13)18-14(22-15)9-6-11-4-7-12(20-2)8-5-11/h4-9H,3,10H2,1-2H3. The number of hydrogen-bond acceptors (Lipinski definition) is 6. The van der Waals surface area contributed by atoms with Crippen molar-refractivity contribution in [2.45, 2.75) is 12.7 Å². The molecule has 0 unspecified atom stereocenters. The quantitative estimate of drug-likeness (QED) is 0.690. The van der Waals surface area contributed by atoms with E-state index in [0.29, 0.717) is 0 Å². The minimum Gasteiger partial charge on any atom is -0.497 e. The van der Waals surface area contributed by atoms with Gasteiger partial charge in [-0.3, -0.25) is 0 Å². The van der Waals surface area contributed by atoms with E-state index < -0.39 is 0 Å². The van der Waals surface area contributed by atoms with Crippen molar-refractivity contribution in [3.8, 4) is 5.75 Å². The van der Waals surface area contributed by atoms with Crippen LogP contribution in [0.25, 0.3) is 17.1 Å². The highest BCUT2D eigenvalue weighted by atomic mass is 32.2. The molecule has 0 radical (unpaired) electrons. The molecule has 0 aliphatic carbocycles. The summed E-state index contributed by atoms with van der Waals surface area (Å²) >= 11 is 3.35. The number of rotatable bonds is 6. The molecular weight excluding hydrogens is 316 g/mol. The van der Waals surface area contributed by atoms with Gasteiger partial charge < -0.3 is 4.74 Å². The molecule has 0 spiro atoms. The molecular formula is C15H16N4OS2. The van der Waals surface area contributed by atoms with Crippen LogP contribution in [0, 0.1) is 0 Å². The van der Waals surface area contributed by atoms with Crippen LogP contribution in [0.4, 0.5) is 0 Å². The topological polar surface area (TPSA) is 52.3 Å². The fourth-order valence-electron chi connectivity index (χ4n) is 1.91. The number of thioether (sulfide) groups is 1. The molecule has 0 amide bonds. The summed E-state index contributed by atoms with van der Waals surface area (Å²) in [6.45, 7) is 2.13. The summed E-state index contributed by atoms with van der Waals surface area (Å²) in [6, 6.07) is 7.91. The third-order valence-electron chi connectivity index (χ3n) is 3.04. The van der Waals surface area contributed by atoms with Crippen molar-refractivity contribution in [3.05, 3.63) is 40.7 Å². The molecule has 7 heteroatoms. The van der Waals surface area contributed by atoms with E-state index in [1.165, 1.54) is 11.3 Å². The third-order valence-corrected chi connectivity index (χ3v) is 4.78. The molecule has 0 aliphatic heterocycles. The van der Waals surface area contributed by atoms with E-state index in [1.807, 2.05) is 52.7 Å². The molecule has 3 rings (SSSR count). The highest BCUT2D eigenvalue weighted by Crippen LogP contribution is 2.19. The first-order valence-corrected chi connectivity index (χ1v) is 8.88. The van der Waals surface area contributed by atoms with Gasteiger partial charge in [0.15, 0.2) is 5.82 Å². The Hall–Kier alpha value is -1.86. The van der Waals surface area contributed by atoms with Gasteiger partial charge in [0.1, 0.15) is 10.8 Å². The number of fused-ring (bicyclic) bond motifs is 1. The Bertz CT molecular complexity index is 777. The third kappa shape index (κ3) is 3.31. The first-order valence-electron chi connectivity index (χ1n) is 6.91. The monoisotopic (exact) mass is 332 g/mol. The smallest absolute Gasteiger partial charge is 0.234 e. The fourth-order valence-corrected chi connectivity index (χ4v) is 3.23. The second kappa shape index (κ2) is 6.93. The molecule has 2 heterocycles. The molecule has 22 heavy (non-hydrogen) atoms. The lowest BCUT2D eigenvalue weighted by Gasteiger charge is -1.98. The first-order chi connectivity index (χ1) is 10.8. The first kappa shape index (κ1) is 15.1. The van der Waals surface area contributed by atoms with Gasteiger partial charge in [0.2, 0.25) is 4.96 Å². The lowest BCUT2D eigenvalue weighted by Crippen LogP contribution is -1.94. The second-order valence-electron chi connectivity index (χ2n) is 4.49. The number of nitrogens with zero attached hydrogens (tertiary/aromatic N) is 4. The van der Waals surface area contributed by atoms with Crippen molar-refractivity contribution >= 4 is 40.2 Å². The summed E-state index contributed by atoms with van der Waals surface area (Å²) < 4.78 is 6.99. The molecule has 114 valence electrons. The van der Waals surface area contributed by atoms with Crippen LogP contribution in [0.3, 0.4) is 0 Å². The Morgan fingerprint density at radius 3 is 2.77 bits per heavy atom. The summed E-state index contributed by atoms with van der Waals surface area (Å²) in [5.74, 6) is 3.66. The minimum atomic E-state index is 0.834. The van der Waals surface area contributed by atoms with Gasteiger partial charge in [-0.15, -0.1) is 10.2 Å². The van der Waals surface area contributed by atoms with Crippen molar-refractivity contribution < 1.29 is 4.74 Å². The zero-order valence-corrected chi connectivity index (χ0v) is 14.0. The predicted octanol–water partition coefficient (Wildman–Crippen LogP) is 3.62. The number of ether oxygens (including phenoxy) is 1. The molecule has 2 aromatic heterocycles. The number of benzene rings is 1. The largest absolute Gasteiger partial charge is 0.497 e. The van der Waals surface area contributed by atoms with Crippen molar-refractivity contribution in [1.82, 2.24) is 19.8 Å². The van der Waals surface area contributed by atoms with Gasteiger partial charge in [-0.2, -0.15) is 21.4 Å². The average molecular weight is 332 g/mol. The molecule has 0 saturated carbocycles. The Kier molecular flexibility index (Phi) is 4.74. The maximum atomic E-state index is 5.15. The Morgan fingerprint density at radius 1 is 1.23 bits per heavy atom. The number of methoxy groups -OCH3 is 1. The van der Waals surface area contributed by atoms with E-state index in [1.54, 1.807) is 7.11 Å². The highest BCUT2D eigenvalue weighted by molar-refractivity contribution is 7.98. The Labute approximate surface area is 137 Å². The van der Waals surface area contributed by atoms with Gasteiger partial charge in [-0.25, -0.2) is 0 Å². The minimum absolute atomic E-state index is 0.834. The zero-order chi connectivity index (χ0) is 15.4. The molecule has 5 nitrogen and oxygen atoms in total. The highest BCUT2D eigenvalue weighted by Gasteiger charge is 2.09. The lowest BCUT2D eigenvalue weighted by atomic mass is 10.2. The SMILES string of the molecule is CCSCc1nnc2sc(C=Cc3ccc(OC)cc3)nn12. The second-order valence-corrected chi connectivity index (χ2v) is 6.76. The van der Waals surface area contributed by atoms with Gasteiger partial charge in [0, 0.05) is 0 Å². The number of aromatic nitrogens is 4. The normalized spacial score (nSPS) is 11.5. The van der Waals surface area contributed by atoms with Gasteiger partial charge in [-0.05, 0) is 29.5 Å². The zero-order valence-electron chi connectivity index (χ0n) is 12.4. The van der Waals surface area contributed by atoms with Gasteiger partial charge >= 0.3 is 0 Å². The summed E-state index contributed by atoms with van der Waals surface area (Å²) in [6.07, 6.45) is 4.03. The molecule has 1 aromatic carbocycles. The predicted molar refractivity (Wildman–Crippen MR) is 92.4 cm³/mol. The van der Waals surface area contributed by atoms with Crippen LogP contribution in [0.15, 0.2) is 24.3 Å². The number of hydrogen-bond donors (Lipinski definition) is 0. The lowest BCUT2D eigenvalue weighted by molar-refractivity contribution is 0.415. The van der Waals surface area contributed by atoms with Crippen LogP contribution >= 0.6 is 23.1 Å². The maximum Gasteiger partial charge on any atom is 0.234 e. The van der Waals surface area contributed by atoms with Crippen molar-refractivity contribution in [2.24, 2.45) is 0 Å². The fraction of sp³-hybridized carbons (Fsp3) is 0.267. The summed E-state index contributed by atoms with van der Waals surface area (Å²) in [7, 11) is 1.67. The van der Waals surface area contributed by atoms with Crippen LogP contribution in [0.5, 0.6) is 5.75 Å². The molecule has 0 atom stereocenters. The van der Waals surface area contributed by atoms with E-state index in [4.69, 9.17) is 4.74 Å². The van der Waals surface area contributed by atoms with Crippen LogP contribution < -0.4 is 4.74 Å². The summed E-state index contributed by atoms with van der Waals surface area (Å²) in [5, 5.41) is 13.8. The van der Waals surface area contributed by atoms with Crippen LogP contribution in [-0.2, 0) is 5.75 Å². The van der Waals surface area contributed by atoms with Crippen molar-refractivity contribution in [3.63, 3.8) is 0 Å². The van der Waals surface area contributed by atoms with Crippen LogP contribution in [0.2, 0.25) is 0 Å². The van der Waals surface area contributed by atoms with Gasteiger partial charge in [0.05, 0.1) is 12.9 Å². The van der Waals surface area contributed by atoms with E-state index in [9.17, 15) is 0 Å². The van der Waals surface area contributed by atoms with Crippen molar-refractivity contribution in [1.29, 1.82) is 0 Å². The molecule has 0 saturated heterocycles. The van der Waals surface area contributed by atoms with E-state index in [-0.39, 0.29) is 0 Å². The molecule has 0 aliphatic rings. The van der Waals surface area contributed by atoms with E-state index in [0.717, 1.165) is 38.6 Å². The van der Waals surface area contributed by atoms with Crippen LogP contribution in [-0.4, -0.2) is 32.7 Å². The Morgan fingerprint density at radius 2 is 2.05 bits per heavy atom.